The van der Waals surface area contributed by atoms with Crippen molar-refractivity contribution < 1.29 is 9.90 Å². The maximum Gasteiger partial charge on any atom is 0.255 e. The Bertz CT molecular complexity index is 413. The lowest BCUT2D eigenvalue weighted by atomic mass is 10.0. The summed E-state index contributed by atoms with van der Waals surface area (Å²) in [5, 5.41) is 12.6. The summed E-state index contributed by atoms with van der Waals surface area (Å²) in [5.41, 5.74) is 1.29. The van der Waals surface area contributed by atoms with Gasteiger partial charge >= 0.3 is 0 Å². The first-order valence-electron chi connectivity index (χ1n) is 6.50. The predicted octanol–water partition coefficient (Wildman–Crippen LogP) is 3.26. The van der Waals surface area contributed by atoms with Crippen molar-refractivity contribution >= 4 is 5.91 Å². The largest absolute Gasteiger partial charge is 0.507 e. The lowest BCUT2D eigenvalue weighted by molar-refractivity contribution is 0.0934. The molecule has 100 valence electrons. The summed E-state index contributed by atoms with van der Waals surface area (Å²) in [4.78, 5) is 12.0. The molecule has 0 saturated carbocycles. The van der Waals surface area contributed by atoms with Crippen LogP contribution in [0.15, 0.2) is 18.2 Å². The fourth-order valence-electron chi connectivity index (χ4n) is 1.79. The number of hydrogen-bond acceptors (Lipinski definition) is 2. The highest BCUT2D eigenvalue weighted by Crippen LogP contribution is 2.18. The molecule has 1 aromatic carbocycles. The van der Waals surface area contributed by atoms with E-state index in [2.05, 4.69) is 19.2 Å². The van der Waals surface area contributed by atoms with Gasteiger partial charge in [0.2, 0.25) is 0 Å². The fraction of sp³-hybridized carbons (Fsp3) is 0.533. The highest BCUT2D eigenvalue weighted by atomic mass is 16.3. The molecule has 0 aliphatic rings. The third kappa shape index (κ3) is 4.40. The smallest absolute Gasteiger partial charge is 0.255 e. The van der Waals surface area contributed by atoms with Crippen LogP contribution in [-0.2, 0) is 0 Å². The molecule has 3 nitrogen and oxygen atoms in total. The number of carbonyl (C=O) groups excluding carboxylic acids is 1. The van der Waals surface area contributed by atoms with Crippen LogP contribution in [0.25, 0.3) is 0 Å². The number of amides is 1. The van der Waals surface area contributed by atoms with Crippen LogP contribution in [0, 0.1) is 12.8 Å². The second-order valence-electron chi connectivity index (χ2n) is 5.37. The Morgan fingerprint density at radius 2 is 1.94 bits per heavy atom. The number of aromatic hydroxyl groups is 1. The van der Waals surface area contributed by atoms with Gasteiger partial charge in [-0.2, -0.15) is 0 Å². The topological polar surface area (TPSA) is 49.3 Å². The summed E-state index contributed by atoms with van der Waals surface area (Å²) in [6.07, 6.45) is 2.04. The van der Waals surface area contributed by atoms with Crippen LogP contribution < -0.4 is 5.32 Å². The Morgan fingerprint density at radius 1 is 1.28 bits per heavy atom. The average molecular weight is 249 g/mol. The summed E-state index contributed by atoms with van der Waals surface area (Å²) in [6, 6.07) is 5.22. The Labute approximate surface area is 109 Å². The van der Waals surface area contributed by atoms with Crippen molar-refractivity contribution in [3.8, 4) is 5.75 Å². The van der Waals surface area contributed by atoms with E-state index in [1.807, 2.05) is 19.9 Å². The number of hydrogen-bond donors (Lipinski definition) is 2. The molecule has 2 N–H and O–H groups in total. The molecule has 0 bridgehead atoms. The van der Waals surface area contributed by atoms with Gasteiger partial charge in [-0.3, -0.25) is 4.79 Å². The molecule has 1 amide bonds. The zero-order chi connectivity index (χ0) is 13.7. The third-order valence-corrected chi connectivity index (χ3v) is 2.95. The van der Waals surface area contributed by atoms with Crippen molar-refractivity contribution in [2.75, 3.05) is 0 Å². The van der Waals surface area contributed by atoms with E-state index in [0.29, 0.717) is 11.5 Å². The van der Waals surface area contributed by atoms with E-state index in [0.717, 1.165) is 18.4 Å². The first-order valence-corrected chi connectivity index (χ1v) is 6.50. The summed E-state index contributed by atoms with van der Waals surface area (Å²) in [5.74, 6) is 0.476. The molecular formula is C15H23NO2. The van der Waals surface area contributed by atoms with Crippen LogP contribution in [0.5, 0.6) is 5.75 Å². The van der Waals surface area contributed by atoms with E-state index in [-0.39, 0.29) is 17.7 Å². The van der Waals surface area contributed by atoms with Crippen molar-refractivity contribution in [1.29, 1.82) is 0 Å². The number of phenolic OH excluding ortho intramolecular Hbond substituents is 1. The Morgan fingerprint density at radius 3 is 2.50 bits per heavy atom. The Hall–Kier alpha value is -1.51. The first-order chi connectivity index (χ1) is 8.40. The molecule has 0 saturated heterocycles. The maximum absolute atomic E-state index is 12.0. The van der Waals surface area contributed by atoms with Crippen LogP contribution >= 0.6 is 0 Å². The normalized spacial score (nSPS) is 12.5. The monoisotopic (exact) mass is 249 g/mol. The molecule has 0 spiro atoms. The number of benzene rings is 1. The summed E-state index contributed by atoms with van der Waals surface area (Å²) in [7, 11) is 0. The van der Waals surface area contributed by atoms with E-state index in [1.54, 1.807) is 12.1 Å². The first kappa shape index (κ1) is 14.6. The minimum atomic E-state index is -0.205. The standard InChI is InChI=1S/C15H23NO2/c1-10(2)5-7-12(4)16-15(18)13-8-6-11(3)9-14(13)17/h6,8-10,12,17H,5,7H2,1-4H3,(H,16,18). The van der Waals surface area contributed by atoms with Gasteiger partial charge < -0.3 is 10.4 Å². The molecule has 0 aliphatic carbocycles. The molecular weight excluding hydrogens is 226 g/mol. The number of carbonyl (C=O) groups is 1. The predicted molar refractivity (Wildman–Crippen MR) is 73.8 cm³/mol. The number of nitrogens with one attached hydrogen (secondary N) is 1. The summed E-state index contributed by atoms with van der Waals surface area (Å²) in [6.45, 7) is 8.21. The molecule has 1 aromatic rings. The van der Waals surface area contributed by atoms with Crippen molar-refractivity contribution in [2.45, 2.75) is 46.6 Å². The van der Waals surface area contributed by atoms with Gasteiger partial charge in [-0.15, -0.1) is 0 Å². The average Bonchev–Trinajstić information content (AvgIpc) is 2.26. The van der Waals surface area contributed by atoms with Crippen LogP contribution in [0.2, 0.25) is 0 Å². The zero-order valence-electron chi connectivity index (χ0n) is 11.7. The summed E-state index contributed by atoms with van der Waals surface area (Å²) < 4.78 is 0. The molecule has 1 rings (SSSR count). The molecule has 0 heterocycles. The molecule has 0 fully saturated rings. The molecule has 1 atom stereocenters. The van der Waals surface area contributed by atoms with Crippen molar-refractivity contribution in [3.05, 3.63) is 29.3 Å². The van der Waals surface area contributed by atoms with Crippen LogP contribution in [0.1, 0.15) is 49.5 Å². The second-order valence-corrected chi connectivity index (χ2v) is 5.37. The molecule has 3 heteroatoms. The highest BCUT2D eigenvalue weighted by Gasteiger charge is 2.13. The third-order valence-electron chi connectivity index (χ3n) is 2.95. The summed E-state index contributed by atoms with van der Waals surface area (Å²) >= 11 is 0. The van der Waals surface area contributed by atoms with Crippen molar-refractivity contribution in [1.82, 2.24) is 5.32 Å². The van der Waals surface area contributed by atoms with Gasteiger partial charge in [0.1, 0.15) is 5.75 Å². The van der Waals surface area contributed by atoms with E-state index < -0.39 is 0 Å². The second kappa shape index (κ2) is 6.43. The Balaban J connectivity index is 2.59. The van der Waals surface area contributed by atoms with Gasteiger partial charge in [-0.05, 0) is 50.3 Å². The lowest BCUT2D eigenvalue weighted by Crippen LogP contribution is -2.32. The molecule has 0 aromatic heterocycles. The van der Waals surface area contributed by atoms with Gasteiger partial charge in [0.15, 0.2) is 0 Å². The quantitative estimate of drug-likeness (QED) is 0.841. The SMILES string of the molecule is Cc1ccc(C(=O)NC(C)CCC(C)C)c(O)c1. The van der Waals surface area contributed by atoms with Crippen LogP contribution in [0.3, 0.4) is 0 Å². The number of rotatable bonds is 5. The molecule has 1 unspecified atom stereocenters. The van der Waals surface area contributed by atoms with E-state index in [1.165, 1.54) is 0 Å². The molecule has 0 aliphatic heterocycles. The number of aryl methyl sites for hydroxylation is 1. The van der Waals surface area contributed by atoms with E-state index in [9.17, 15) is 9.90 Å². The maximum atomic E-state index is 12.0. The van der Waals surface area contributed by atoms with E-state index >= 15 is 0 Å². The fourth-order valence-corrected chi connectivity index (χ4v) is 1.79. The number of phenols is 1. The van der Waals surface area contributed by atoms with Gasteiger partial charge in [-0.1, -0.05) is 19.9 Å². The Kier molecular flexibility index (Phi) is 5.20. The van der Waals surface area contributed by atoms with E-state index in [4.69, 9.17) is 0 Å². The van der Waals surface area contributed by atoms with Gasteiger partial charge in [-0.25, -0.2) is 0 Å². The minimum absolute atomic E-state index is 0.0450. The minimum Gasteiger partial charge on any atom is -0.507 e. The highest BCUT2D eigenvalue weighted by molar-refractivity contribution is 5.97. The zero-order valence-corrected chi connectivity index (χ0v) is 11.7. The van der Waals surface area contributed by atoms with Gasteiger partial charge in [0.05, 0.1) is 5.56 Å². The molecule has 18 heavy (non-hydrogen) atoms. The van der Waals surface area contributed by atoms with Crippen molar-refractivity contribution in [2.24, 2.45) is 5.92 Å². The molecule has 0 radical (unpaired) electrons. The van der Waals surface area contributed by atoms with Gasteiger partial charge in [0, 0.05) is 6.04 Å². The lowest BCUT2D eigenvalue weighted by Gasteiger charge is -2.15. The van der Waals surface area contributed by atoms with Crippen molar-refractivity contribution in [3.63, 3.8) is 0 Å². The van der Waals surface area contributed by atoms with Gasteiger partial charge in [0.25, 0.3) is 5.91 Å². The van der Waals surface area contributed by atoms with Crippen LogP contribution in [-0.4, -0.2) is 17.1 Å². The van der Waals surface area contributed by atoms with Crippen LogP contribution in [0.4, 0.5) is 0 Å².